The molecule has 2 N–H and O–H groups in total. The average molecular weight is 236 g/mol. The molecule has 0 amide bonds. The SMILES string of the molecule is CCCCOC(=O)O.CCCCOC(=O)O. The summed E-state index contributed by atoms with van der Waals surface area (Å²) in [5, 5.41) is 15.8. The molecule has 0 radical (unpaired) electrons. The third kappa shape index (κ3) is 22.9. The molecular formula is C10H20O6. The zero-order chi connectivity index (χ0) is 12.8. The number of carboxylic acid groups (broad SMARTS) is 2. The molecule has 0 spiro atoms. The molecule has 0 aliphatic heterocycles. The van der Waals surface area contributed by atoms with Crippen LogP contribution >= 0.6 is 0 Å². The van der Waals surface area contributed by atoms with Gasteiger partial charge in [-0.25, -0.2) is 9.59 Å². The van der Waals surface area contributed by atoms with Gasteiger partial charge in [0.15, 0.2) is 0 Å². The van der Waals surface area contributed by atoms with Crippen LogP contribution in [0.1, 0.15) is 39.5 Å². The molecule has 96 valence electrons. The highest BCUT2D eigenvalue weighted by Gasteiger charge is 1.92. The molecule has 6 nitrogen and oxygen atoms in total. The van der Waals surface area contributed by atoms with Gasteiger partial charge >= 0.3 is 12.3 Å². The molecule has 16 heavy (non-hydrogen) atoms. The average Bonchev–Trinajstić information content (AvgIpc) is 2.18. The molecular weight excluding hydrogens is 216 g/mol. The van der Waals surface area contributed by atoms with Crippen molar-refractivity contribution in [2.45, 2.75) is 39.5 Å². The van der Waals surface area contributed by atoms with Crippen molar-refractivity contribution in [2.75, 3.05) is 13.2 Å². The number of ether oxygens (including phenoxy) is 2. The van der Waals surface area contributed by atoms with E-state index in [1.807, 2.05) is 13.8 Å². The van der Waals surface area contributed by atoms with E-state index in [0.29, 0.717) is 13.2 Å². The van der Waals surface area contributed by atoms with Gasteiger partial charge < -0.3 is 19.7 Å². The van der Waals surface area contributed by atoms with Crippen LogP contribution in [0.5, 0.6) is 0 Å². The van der Waals surface area contributed by atoms with E-state index >= 15 is 0 Å². The Kier molecular flexibility index (Phi) is 14.3. The van der Waals surface area contributed by atoms with Crippen molar-refractivity contribution in [3.05, 3.63) is 0 Å². The minimum Gasteiger partial charge on any atom is -0.450 e. The van der Waals surface area contributed by atoms with E-state index in [4.69, 9.17) is 10.2 Å². The maximum Gasteiger partial charge on any atom is 0.505 e. The number of hydrogen-bond acceptors (Lipinski definition) is 4. The summed E-state index contributed by atoms with van der Waals surface area (Å²) in [6, 6.07) is 0. The van der Waals surface area contributed by atoms with Gasteiger partial charge in [-0.3, -0.25) is 0 Å². The van der Waals surface area contributed by atoms with E-state index in [2.05, 4.69) is 9.47 Å². The molecule has 0 aromatic carbocycles. The van der Waals surface area contributed by atoms with Gasteiger partial charge in [0.1, 0.15) is 0 Å². The monoisotopic (exact) mass is 236 g/mol. The van der Waals surface area contributed by atoms with Gasteiger partial charge in [-0.05, 0) is 12.8 Å². The van der Waals surface area contributed by atoms with Crippen LogP contribution in [0.15, 0.2) is 0 Å². The standard InChI is InChI=1S/2C5H10O3/c2*1-2-3-4-8-5(6)7/h2*2-4H2,1H3,(H,6,7). The third-order valence-corrected chi connectivity index (χ3v) is 1.45. The fraction of sp³-hybridized carbons (Fsp3) is 0.800. The number of hydrogen-bond donors (Lipinski definition) is 2. The van der Waals surface area contributed by atoms with Gasteiger partial charge in [-0.2, -0.15) is 0 Å². The Morgan fingerprint density at radius 1 is 0.875 bits per heavy atom. The van der Waals surface area contributed by atoms with Crippen molar-refractivity contribution < 1.29 is 29.3 Å². The summed E-state index contributed by atoms with van der Waals surface area (Å²) in [7, 11) is 0. The molecule has 0 unspecified atom stereocenters. The summed E-state index contributed by atoms with van der Waals surface area (Å²) in [4.78, 5) is 19.3. The summed E-state index contributed by atoms with van der Waals surface area (Å²) in [6.07, 6.45) is 1.19. The lowest BCUT2D eigenvalue weighted by atomic mass is 10.4. The van der Waals surface area contributed by atoms with Crippen LogP contribution in [-0.4, -0.2) is 35.7 Å². The molecule has 0 saturated carbocycles. The van der Waals surface area contributed by atoms with Gasteiger partial charge in [0.25, 0.3) is 0 Å². The Bertz CT molecular complexity index is 160. The molecule has 0 aliphatic rings. The van der Waals surface area contributed by atoms with Gasteiger partial charge in [-0.15, -0.1) is 0 Å². The van der Waals surface area contributed by atoms with Crippen molar-refractivity contribution >= 4 is 12.3 Å². The maximum atomic E-state index is 9.65. The summed E-state index contributed by atoms with van der Waals surface area (Å²) < 4.78 is 8.40. The molecule has 0 saturated heterocycles. The van der Waals surface area contributed by atoms with Crippen molar-refractivity contribution in [2.24, 2.45) is 0 Å². The van der Waals surface area contributed by atoms with Crippen LogP contribution in [-0.2, 0) is 9.47 Å². The van der Waals surface area contributed by atoms with E-state index in [9.17, 15) is 9.59 Å². The maximum absolute atomic E-state index is 9.65. The van der Waals surface area contributed by atoms with E-state index < -0.39 is 12.3 Å². The summed E-state index contributed by atoms with van der Waals surface area (Å²) >= 11 is 0. The quantitative estimate of drug-likeness (QED) is 0.544. The van der Waals surface area contributed by atoms with Gasteiger partial charge in [-0.1, -0.05) is 26.7 Å². The van der Waals surface area contributed by atoms with Crippen LogP contribution in [0.2, 0.25) is 0 Å². The van der Waals surface area contributed by atoms with Crippen molar-refractivity contribution in [1.82, 2.24) is 0 Å². The Morgan fingerprint density at radius 3 is 1.38 bits per heavy atom. The zero-order valence-corrected chi connectivity index (χ0v) is 9.77. The number of rotatable bonds is 6. The van der Waals surface area contributed by atoms with Crippen molar-refractivity contribution in [3.63, 3.8) is 0 Å². The van der Waals surface area contributed by atoms with Crippen LogP contribution in [0.4, 0.5) is 9.59 Å². The lowest BCUT2D eigenvalue weighted by molar-refractivity contribution is 0.0892. The molecule has 0 heterocycles. The lowest BCUT2D eigenvalue weighted by Gasteiger charge is -1.94. The van der Waals surface area contributed by atoms with Gasteiger partial charge in [0.05, 0.1) is 13.2 Å². The second kappa shape index (κ2) is 13.5. The molecule has 0 aromatic heterocycles. The molecule has 0 fully saturated rings. The fourth-order valence-corrected chi connectivity index (χ4v) is 0.608. The fourth-order valence-electron chi connectivity index (χ4n) is 0.608. The highest BCUT2D eigenvalue weighted by atomic mass is 16.7. The topological polar surface area (TPSA) is 93.1 Å². The van der Waals surface area contributed by atoms with Crippen molar-refractivity contribution in [1.29, 1.82) is 0 Å². The molecule has 0 aliphatic carbocycles. The van der Waals surface area contributed by atoms with E-state index in [1.165, 1.54) is 0 Å². The largest absolute Gasteiger partial charge is 0.505 e. The van der Waals surface area contributed by atoms with E-state index in [1.54, 1.807) is 0 Å². The summed E-state index contributed by atoms with van der Waals surface area (Å²) in [5.41, 5.74) is 0. The van der Waals surface area contributed by atoms with E-state index in [-0.39, 0.29) is 0 Å². The van der Waals surface area contributed by atoms with Gasteiger partial charge in [0.2, 0.25) is 0 Å². The normalized spacial score (nSPS) is 8.62. The minimum atomic E-state index is -1.18. The Hall–Kier alpha value is -1.46. The predicted molar refractivity (Wildman–Crippen MR) is 57.8 cm³/mol. The Morgan fingerprint density at radius 2 is 1.19 bits per heavy atom. The second-order valence-corrected chi connectivity index (χ2v) is 2.94. The predicted octanol–water partition coefficient (Wildman–Crippen LogP) is 2.96. The summed E-state index contributed by atoms with van der Waals surface area (Å²) in [6.45, 7) is 4.61. The van der Waals surface area contributed by atoms with Crippen LogP contribution in [0, 0.1) is 0 Å². The minimum absolute atomic E-state index is 0.325. The Labute approximate surface area is 95.2 Å². The first kappa shape index (κ1) is 17.0. The first-order valence-corrected chi connectivity index (χ1v) is 5.26. The zero-order valence-electron chi connectivity index (χ0n) is 9.77. The number of unbranched alkanes of at least 4 members (excludes halogenated alkanes) is 2. The first-order valence-electron chi connectivity index (χ1n) is 5.26. The smallest absolute Gasteiger partial charge is 0.450 e. The lowest BCUT2D eigenvalue weighted by Crippen LogP contribution is -2.00. The van der Waals surface area contributed by atoms with E-state index in [0.717, 1.165) is 25.7 Å². The molecule has 0 rings (SSSR count). The molecule has 6 heteroatoms. The van der Waals surface area contributed by atoms with Crippen molar-refractivity contribution in [3.8, 4) is 0 Å². The highest BCUT2D eigenvalue weighted by molar-refractivity contribution is 5.56. The first-order chi connectivity index (χ1) is 7.54. The summed E-state index contributed by atoms with van der Waals surface area (Å²) in [5.74, 6) is 0. The molecule has 0 aromatic rings. The Balaban J connectivity index is 0. The number of carbonyl (C=O) groups is 2. The molecule has 0 atom stereocenters. The highest BCUT2D eigenvalue weighted by Crippen LogP contribution is 1.87. The second-order valence-electron chi connectivity index (χ2n) is 2.94. The molecule has 0 bridgehead atoms. The third-order valence-electron chi connectivity index (χ3n) is 1.45. The van der Waals surface area contributed by atoms with Crippen LogP contribution in [0.25, 0.3) is 0 Å². The van der Waals surface area contributed by atoms with Crippen LogP contribution < -0.4 is 0 Å². The van der Waals surface area contributed by atoms with Crippen LogP contribution in [0.3, 0.4) is 0 Å². The van der Waals surface area contributed by atoms with Gasteiger partial charge in [0, 0.05) is 0 Å².